The minimum atomic E-state index is -0.331. The topological polar surface area (TPSA) is 43.4 Å². The van der Waals surface area contributed by atoms with Crippen LogP contribution in [-0.4, -0.2) is 18.4 Å². The van der Waals surface area contributed by atoms with E-state index in [1.54, 1.807) is 6.92 Å². The van der Waals surface area contributed by atoms with E-state index in [1.807, 2.05) is 6.08 Å². The first-order valence-corrected chi connectivity index (χ1v) is 6.08. The molecule has 0 aromatic carbocycles. The fraction of sp³-hybridized carbons (Fsp3) is 0.692. The molecule has 2 saturated carbocycles. The van der Waals surface area contributed by atoms with Crippen molar-refractivity contribution < 1.29 is 14.3 Å². The number of rotatable bonds is 3. The summed E-state index contributed by atoms with van der Waals surface area (Å²) in [5.41, 5.74) is -0.327. The van der Waals surface area contributed by atoms with E-state index in [0.717, 1.165) is 25.7 Å². The molecule has 0 heterocycles. The van der Waals surface area contributed by atoms with Crippen LogP contribution in [0.25, 0.3) is 0 Å². The summed E-state index contributed by atoms with van der Waals surface area (Å²) < 4.78 is 4.85. The number of fused-ring (bicyclic) bond motifs is 1. The van der Waals surface area contributed by atoms with Crippen LogP contribution in [0.4, 0.5) is 0 Å². The number of carbonyl (C=O) groups excluding carboxylic acids is 2. The minimum Gasteiger partial charge on any atom is -0.463 e. The van der Waals surface area contributed by atoms with E-state index < -0.39 is 0 Å². The lowest BCUT2D eigenvalue weighted by atomic mass is 9.79. The molecular formula is C13H18O3. The normalized spacial score (nSPS) is 33.3. The molecule has 0 radical (unpaired) electrons. The number of esters is 1. The second-order valence-corrected chi connectivity index (χ2v) is 4.68. The molecule has 2 rings (SSSR count). The van der Waals surface area contributed by atoms with E-state index in [4.69, 9.17) is 4.74 Å². The molecule has 0 unspecified atom stereocenters. The van der Waals surface area contributed by atoms with Crippen LogP contribution in [0.3, 0.4) is 0 Å². The molecule has 3 heteroatoms. The van der Waals surface area contributed by atoms with Gasteiger partial charge in [0.2, 0.25) is 0 Å². The highest BCUT2D eigenvalue weighted by Gasteiger charge is 2.50. The van der Waals surface area contributed by atoms with Crippen molar-refractivity contribution in [2.45, 2.75) is 39.0 Å². The van der Waals surface area contributed by atoms with Crippen LogP contribution in [0.2, 0.25) is 0 Å². The third-order valence-electron chi connectivity index (χ3n) is 3.91. The molecule has 0 bridgehead atoms. The van der Waals surface area contributed by atoms with Crippen molar-refractivity contribution in [3.63, 3.8) is 0 Å². The van der Waals surface area contributed by atoms with Crippen LogP contribution >= 0.6 is 0 Å². The Morgan fingerprint density at radius 2 is 2.38 bits per heavy atom. The van der Waals surface area contributed by atoms with Gasteiger partial charge in [-0.25, -0.2) is 4.79 Å². The summed E-state index contributed by atoms with van der Waals surface area (Å²) in [6, 6.07) is 0. The average Bonchev–Trinajstić information content (AvgIpc) is 2.78. The number of allylic oxidation sites excluding steroid dienone is 1. The Morgan fingerprint density at radius 1 is 1.56 bits per heavy atom. The Balaban J connectivity index is 2.11. The summed E-state index contributed by atoms with van der Waals surface area (Å²) in [6.45, 7) is 2.16. The number of Topliss-reactive ketones (excluding diaryl/α,β-unsaturated/α-hetero) is 1. The van der Waals surface area contributed by atoms with E-state index in [9.17, 15) is 9.59 Å². The van der Waals surface area contributed by atoms with Crippen LogP contribution < -0.4 is 0 Å². The summed E-state index contributed by atoms with van der Waals surface area (Å²) in [5.74, 6) is 0.448. The molecular weight excluding hydrogens is 204 g/mol. The van der Waals surface area contributed by atoms with Gasteiger partial charge in [-0.3, -0.25) is 4.79 Å². The zero-order valence-corrected chi connectivity index (χ0v) is 9.70. The van der Waals surface area contributed by atoms with Crippen molar-refractivity contribution in [2.75, 3.05) is 6.61 Å². The Labute approximate surface area is 95.9 Å². The van der Waals surface area contributed by atoms with Crippen molar-refractivity contribution in [1.82, 2.24) is 0 Å². The van der Waals surface area contributed by atoms with Gasteiger partial charge in [0.05, 0.1) is 12.0 Å². The maximum atomic E-state index is 11.9. The van der Waals surface area contributed by atoms with E-state index in [-0.39, 0.29) is 11.4 Å². The Bertz CT molecular complexity index is 332. The third-order valence-corrected chi connectivity index (χ3v) is 3.91. The van der Waals surface area contributed by atoms with E-state index in [2.05, 4.69) is 0 Å². The zero-order valence-electron chi connectivity index (χ0n) is 9.70. The Hall–Kier alpha value is -1.12. The smallest absolute Gasteiger partial charge is 0.330 e. The summed E-state index contributed by atoms with van der Waals surface area (Å²) in [7, 11) is 0. The van der Waals surface area contributed by atoms with Gasteiger partial charge < -0.3 is 4.74 Å². The number of hydrogen-bond acceptors (Lipinski definition) is 3. The van der Waals surface area contributed by atoms with Crippen molar-refractivity contribution in [3.05, 3.63) is 12.2 Å². The molecule has 0 amide bonds. The molecule has 3 nitrogen and oxygen atoms in total. The highest BCUT2D eigenvalue weighted by Crippen LogP contribution is 2.52. The van der Waals surface area contributed by atoms with Gasteiger partial charge in [-0.2, -0.15) is 0 Å². The molecule has 88 valence electrons. The van der Waals surface area contributed by atoms with Crippen molar-refractivity contribution in [3.8, 4) is 0 Å². The molecule has 0 N–H and O–H groups in total. The van der Waals surface area contributed by atoms with E-state index in [1.165, 1.54) is 6.08 Å². The third kappa shape index (κ3) is 1.79. The second-order valence-electron chi connectivity index (χ2n) is 4.68. The highest BCUT2D eigenvalue weighted by atomic mass is 16.5. The molecule has 2 fully saturated rings. The summed E-state index contributed by atoms with van der Waals surface area (Å²) in [4.78, 5) is 23.2. The Kier molecular flexibility index (Phi) is 3.13. The van der Waals surface area contributed by atoms with Gasteiger partial charge in [-0.05, 0) is 32.1 Å². The van der Waals surface area contributed by atoms with Crippen molar-refractivity contribution in [2.24, 2.45) is 11.3 Å². The predicted molar refractivity (Wildman–Crippen MR) is 59.8 cm³/mol. The summed E-state index contributed by atoms with van der Waals surface area (Å²) >= 11 is 0. The molecule has 0 aromatic rings. The minimum absolute atomic E-state index is 0.315. The molecule has 16 heavy (non-hydrogen) atoms. The monoisotopic (exact) mass is 222 g/mol. The molecule has 2 aliphatic carbocycles. The van der Waals surface area contributed by atoms with Crippen LogP contribution in [-0.2, 0) is 14.3 Å². The molecule has 0 spiro atoms. The van der Waals surface area contributed by atoms with Gasteiger partial charge in [0, 0.05) is 12.5 Å². The van der Waals surface area contributed by atoms with Crippen LogP contribution in [0, 0.1) is 11.3 Å². The first-order valence-electron chi connectivity index (χ1n) is 6.08. The highest BCUT2D eigenvalue weighted by molar-refractivity contribution is 5.91. The quantitative estimate of drug-likeness (QED) is 0.543. The van der Waals surface area contributed by atoms with Gasteiger partial charge in [-0.1, -0.05) is 12.5 Å². The summed E-state index contributed by atoms with van der Waals surface area (Å²) in [5, 5.41) is 0. The van der Waals surface area contributed by atoms with Gasteiger partial charge in [0.1, 0.15) is 5.78 Å². The maximum Gasteiger partial charge on any atom is 0.330 e. The lowest BCUT2D eigenvalue weighted by Crippen LogP contribution is -2.25. The molecule has 0 aliphatic heterocycles. The SMILES string of the molecule is CCOC(=O)/C=C/[C@]12CCC[C@H]1CCC2=O. The number of carbonyl (C=O) groups is 2. The van der Waals surface area contributed by atoms with Crippen molar-refractivity contribution in [1.29, 1.82) is 0 Å². The van der Waals surface area contributed by atoms with Crippen LogP contribution in [0.5, 0.6) is 0 Å². The van der Waals surface area contributed by atoms with Crippen molar-refractivity contribution >= 4 is 11.8 Å². The number of ketones is 1. The van der Waals surface area contributed by atoms with Crippen LogP contribution in [0.1, 0.15) is 39.0 Å². The van der Waals surface area contributed by atoms with Gasteiger partial charge in [-0.15, -0.1) is 0 Å². The fourth-order valence-corrected chi connectivity index (χ4v) is 3.13. The molecule has 0 aromatic heterocycles. The summed E-state index contributed by atoms with van der Waals surface area (Å²) in [6.07, 6.45) is 8.07. The average molecular weight is 222 g/mol. The first-order chi connectivity index (χ1) is 7.69. The van der Waals surface area contributed by atoms with Gasteiger partial charge in [0.25, 0.3) is 0 Å². The number of hydrogen-bond donors (Lipinski definition) is 0. The standard InChI is InChI=1S/C13H18O3/c1-2-16-12(15)7-9-13-8-3-4-10(13)5-6-11(13)14/h7,9-10H,2-6,8H2,1H3/b9-7+/t10-,13+/m0/s1. The van der Waals surface area contributed by atoms with Crippen LogP contribution in [0.15, 0.2) is 12.2 Å². The Morgan fingerprint density at radius 3 is 3.12 bits per heavy atom. The molecule has 2 aliphatic rings. The largest absolute Gasteiger partial charge is 0.463 e. The van der Waals surface area contributed by atoms with Gasteiger partial charge in [0.15, 0.2) is 0 Å². The molecule has 0 saturated heterocycles. The second kappa shape index (κ2) is 4.40. The predicted octanol–water partition coefficient (Wildman–Crippen LogP) is 2.26. The fourth-order valence-electron chi connectivity index (χ4n) is 3.13. The van der Waals surface area contributed by atoms with E-state index >= 15 is 0 Å². The van der Waals surface area contributed by atoms with Gasteiger partial charge >= 0.3 is 5.97 Å². The first kappa shape index (κ1) is 11.4. The lowest BCUT2D eigenvalue weighted by molar-refractivity contribution is -0.137. The zero-order chi connectivity index (χ0) is 11.6. The number of ether oxygens (including phenoxy) is 1. The van der Waals surface area contributed by atoms with E-state index in [0.29, 0.717) is 24.7 Å². The molecule has 2 atom stereocenters. The lowest BCUT2D eigenvalue weighted by Gasteiger charge is -2.22. The maximum absolute atomic E-state index is 11.9.